The van der Waals surface area contributed by atoms with Crippen molar-refractivity contribution in [3.05, 3.63) is 71.2 Å². The number of aromatic nitrogens is 4. The number of hydrogen-bond acceptors (Lipinski definition) is 5. The van der Waals surface area contributed by atoms with Crippen LogP contribution in [0.4, 0.5) is 19.0 Å². The number of ether oxygens (including phenoxy) is 1. The highest BCUT2D eigenvalue weighted by molar-refractivity contribution is 5.91. The molecule has 0 fully saturated rings. The van der Waals surface area contributed by atoms with Gasteiger partial charge in [-0.3, -0.25) is 5.10 Å². The van der Waals surface area contributed by atoms with Gasteiger partial charge in [-0.2, -0.15) is 5.10 Å². The third-order valence-electron chi connectivity index (χ3n) is 4.34. The van der Waals surface area contributed by atoms with Crippen molar-refractivity contribution in [1.29, 1.82) is 0 Å². The number of hydrogen-bond donors (Lipinski definition) is 2. The second-order valence-electron chi connectivity index (χ2n) is 6.36. The number of H-pyrrole nitrogens is 1. The van der Waals surface area contributed by atoms with Gasteiger partial charge in [-0.1, -0.05) is 30.3 Å². The number of nitrogens with one attached hydrogen (secondary N) is 1. The molecular formula is C20H16F3N5O. The van der Waals surface area contributed by atoms with Gasteiger partial charge in [-0.05, 0) is 11.6 Å². The summed E-state index contributed by atoms with van der Waals surface area (Å²) in [5.74, 6) is -2.74. The van der Waals surface area contributed by atoms with Crippen molar-refractivity contribution in [2.75, 3.05) is 12.3 Å². The second-order valence-corrected chi connectivity index (χ2v) is 6.36. The Balaban J connectivity index is 1.58. The summed E-state index contributed by atoms with van der Waals surface area (Å²) in [6.07, 6.45) is 0.142. The van der Waals surface area contributed by atoms with Crippen molar-refractivity contribution < 1.29 is 17.9 Å². The van der Waals surface area contributed by atoms with E-state index in [2.05, 4.69) is 20.2 Å². The molecule has 0 bridgehead atoms. The molecule has 0 spiro atoms. The SMILES string of the molecule is Nc1nc(-c2n[nH]c3c(F)cc(F)cc23)nc(CCOCc2ccccc2)c1F. The largest absolute Gasteiger partial charge is 0.381 e. The van der Waals surface area contributed by atoms with E-state index in [1.165, 1.54) is 0 Å². The standard InChI is InChI=1S/C20H16F3N5O/c21-12-8-13-17(14(22)9-12)27-28-18(13)20-25-15(16(23)19(24)26-20)6-7-29-10-11-4-2-1-3-5-11/h1-5,8-9H,6-7,10H2,(H,27,28)(H2,24,25,26). The average Bonchev–Trinajstić information content (AvgIpc) is 3.13. The van der Waals surface area contributed by atoms with Crippen LogP contribution in [0, 0.1) is 17.5 Å². The van der Waals surface area contributed by atoms with Crippen LogP contribution in [0.2, 0.25) is 0 Å². The number of halogens is 3. The van der Waals surface area contributed by atoms with Gasteiger partial charge in [0.1, 0.15) is 17.0 Å². The van der Waals surface area contributed by atoms with E-state index in [0.29, 0.717) is 6.61 Å². The molecule has 3 N–H and O–H groups in total. The summed E-state index contributed by atoms with van der Waals surface area (Å²) in [6.45, 7) is 0.574. The van der Waals surface area contributed by atoms with Crippen molar-refractivity contribution in [3.63, 3.8) is 0 Å². The molecule has 0 aliphatic rings. The Labute approximate surface area is 163 Å². The summed E-state index contributed by atoms with van der Waals surface area (Å²) >= 11 is 0. The van der Waals surface area contributed by atoms with Crippen LogP contribution >= 0.6 is 0 Å². The fraction of sp³-hybridized carbons (Fsp3) is 0.150. The number of fused-ring (bicyclic) bond motifs is 1. The molecule has 0 amide bonds. The lowest BCUT2D eigenvalue weighted by Gasteiger charge is -2.08. The van der Waals surface area contributed by atoms with Crippen LogP contribution < -0.4 is 5.73 Å². The van der Waals surface area contributed by atoms with Crippen LogP contribution in [0.5, 0.6) is 0 Å². The minimum absolute atomic E-state index is 0.000593. The van der Waals surface area contributed by atoms with Gasteiger partial charge in [-0.25, -0.2) is 23.1 Å². The summed E-state index contributed by atoms with van der Waals surface area (Å²) in [5, 5.41) is 6.56. The topological polar surface area (TPSA) is 89.7 Å². The molecular weight excluding hydrogens is 383 g/mol. The Morgan fingerprint density at radius 3 is 2.62 bits per heavy atom. The molecule has 0 atom stereocenters. The fourth-order valence-electron chi connectivity index (χ4n) is 2.93. The lowest BCUT2D eigenvalue weighted by atomic mass is 10.2. The molecule has 0 unspecified atom stereocenters. The van der Waals surface area contributed by atoms with Crippen LogP contribution in [0.15, 0.2) is 42.5 Å². The third-order valence-corrected chi connectivity index (χ3v) is 4.34. The maximum Gasteiger partial charge on any atom is 0.186 e. The molecule has 0 radical (unpaired) electrons. The number of benzene rings is 2. The third kappa shape index (κ3) is 3.90. The van der Waals surface area contributed by atoms with Gasteiger partial charge in [0.2, 0.25) is 0 Å². The maximum absolute atomic E-state index is 14.4. The van der Waals surface area contributed by atoms with Gasteiger partial charge in [0, 0.05) is 17.9 Å². The highest BCUT2D eigenvalue weighted by Crippen LogP contribution is 2.28. The average molecular weight is 399 g/mol. The van der Waals surface area contributed by atoms with Crippen molar-refractivity contribution in [2.45, 2.75) is 13.0 Å². The summed E-state index contributed by atoms with van der Waals surface area (Å²) in [7, 11) is 0. The summed E-state index contributed by atoms with van der Waals surface area (Å²) in [4.78, 5) is 8.04. The van der Waals surface area contributed by atoms with E-state index < -0.39 is 17.5 Å². The van der Waals surface area contributed by atoms with Gasteiger partial charge >= 0.3 is 0 Å². The first-order chi connectivity index (χ1) is 14.0. The summed E-state index contributed by atoms with van der Waals surface area (Å²) < 4.78 is 47.4. The van der Waals surface area contributed by atoms with E-state index in [9.17, 15) is 13.2 Å². The van der Waals surface area contributed by atoms with E-state index in [1.807, 2.05) is 30.3 Å². The molecule has 9 heteroatoms. The van der Waals surface area contributed by atoms with Crippen LogP contribution in [0.25, 0.3) is 22.4 Å². The minimum Gasteiger partial charge on any atom is -0.381 e. The Hall–Kier alpha value is -3.46. The van der Waals surface area contributed by atoms with Crippen molar-refractivity contribution in [2.24, 2.45) is 0 Å². The number of nitrogens with zero attached hydrogens (tertiary/aromatic N) is 3. The van der Waals surface area contributed by atoms with Crippen LogP contribution in [0.1, 0.15) is 11.3 Å². The Morgan fingerprint density at radius 1 is 1.03 bits per heavy atom. The summed E-state index contributed by atoms with van der Waals surface area (Å²) in [5.41, 5.74) is 6.78. The highest BCUT2D eigenvalue weighted by atomic mass is 19.1. The molecule has 2 heterocycles. The van der Waals surface area contributed by atoms with Gasteiger partial charge in [0.25, 0.3) is 0 Å². The highest BCUT2D eigenvalue weighted by Gasteiger charge is 2.19. The van der Waals surface area contributed by atoms with Gasteiger partial charge in [0.15, 0.2) is 23.3 Å². The Morgan fingerprint density at radius 2 is 1.83 bits per heavy atom. The van der Waals surface area contributed by atoms with E-state index in [0.717, 1.165) is 17.7 Å². The smallest absolute Gasteiger partial charge is 0.186 e. The first-order valence-electron chi connectivity index (χ1n) is 8.80. The Kier molecular flexibility index (Phi) is 5.13. The molecule has 2 aromatic heterocycles. The number of rotatable bonds is 6. The zero-order valence-corrected chi connectivity index (χ0v) is 15.1. The number of anilines is 1. The summed E-state index contributed by atoms with van der Waals surface area (Å²) in [6, 6.07) is 11.4. The van der Waals surface area contributed by atoms with Crippen LogP contribution in [0.3, 0.4) is 0 Å². The first kappa shape index (κ1) is 18.9. The molecule has 0 saturated carbocycles. The molecule has 0 saturated heterocycles. The van der Waals surface area contributed by atoms with Crippen molar-refractivity contribution in [1.82, 2.24) is 20.2 Å². The quantitative estimate of drug-likeness (QED) is 0.482. The molecule has 6 nitrogen and oxygen atoms in total. The molecule has 29 heavy (non-hydrogen) atoms. The zero-order valence-electron chi connectivity index (χ0n) is 15.1. The monoisotopic (exact) mass is 399 g/mol. The second kappa shape index (κ2) is 7.88. The molecule has 2 aromatic carbocycles. The molecule has 0 aliphatic carbocycles. The predicted molar refractivity (Wildman–Crippen MR) is 101 cm³/mol. The van der Waals surface area contributed by atoms with Crippen molar-refractivity contribution in [3.8, 4) is 11.5 Å². The molecule has 4 rings (SSSR count). The Bertz CT molecular complexity index is 1160. The van der Waals surface area contributed by atoms with E-state index >= 15 is 0 Å². The fourth-order valence-corrected chi connectivity index (χ4v) is 2.93. The minimum atomic E-state index is -0.802. The lowest BCUT2D eigenvalue weighted by molar-refractivity contribution is 0.122. The van der Waals surface area contributed by atoms with Gasteiger partial charge < -0.3 is 10.5 Å². The van der Waals surface area contributed by atoms with Crippen LogP contribution in [-0.4, -0.2) is 26.8 Å². The molecule has 148 valence electrons. The lowest BCUT2D eigenvalue weighted by Crippen LogP contribution is -2.09. The van der Waals surface area contributed by atoms with Gasteiger partial charge in [0.05, 0.1) is 18.9 Å². The maximum atomic E-state index is 14.4. The first-order valence-corrected chi connectivity index (χ1v) is 8.80. The number of nitrogens with two attached hydrogens (primary N) is 1. The molecule has 4 aromatic rings. The number of nitrogen functional groups attached to an aromatic ring is 1. The molecule has 0 aliphatic heterocycles. The number of aromatic amines is 1. The van der Waals surface area contributed by atoms with Gasteiger partial charge in [-0.15, -0.1) is 0 Å². The zero-order chi connectivity index (χ0) is 20.4. The predicted octanol–water partition coefficient (Wildman–Crippen LogP) is 3.78. The van der Waals surface area contributed by atoms with Crippen molar-refractivity contribution >= 4 is 16.7 Å². The van der Waals surface area contributed by atoms with E-state index in [1.54, 1.807) is 0 Å². The van der Waals surface area contributed by atoms with E-state index in [-0.39, 0.29) is 47.0 Å². The van der Waals surface area contributed by atoms with E-state index in [4.69, 9.17) is 10.5 Å². The van der Waals surface area contributed by atoms with Crippen LogP contribution in [-0.2, 0) is 17.8 Å². The normalized spacial score (nSPS) is 11.3.